The number of nitrogens with zero attached hydrogens (tertiary/aromatic N) is 2. The minimum atomic E-state index is -3.18. The molecule has 2 aliphatic carbocycles. The summed E-state index contributed by atoms with van der Waals surface area (Å²) in [6.45, 7) is 9.38. The topological polar surface area (TPSA) is 44.0 Å². The second kappa shape index (κ2) is 22.3. The van der Waals surface area contributed by atoms with E-state index in [4.69, 9.17) is 0 Å². The fraction of sp³-hybridized carbons (Fsp3) is 0.0612. The van der Waals surface area contributed by atoms with E-state index in [0.717, 1.165) is 109 Å². The lowest BCUT2D eigenvalue weighted by Gasteiger charge is -2.22. The van der Waals surface area contributed by atoms with Gasteiger partial charge >= 0.3 is 0 Å². The monoisotopic (exact) mass is 1370 g/mol. The van der Waals surface area contributed by atoms with Gasteiger partial charge in [-0.15, -0.1) is 0 Å². The van der Waals surface area contributed by atoms with Gasteiger partial charge in [-0.1, -0.05) is 319 Å². The van der Waals surface area contributed by atoms with Gasteiger partial charge in [0.25, 0.3) is 0 Å². The number of fused-ring (bicyclic) bond motifs is 22. The van der Waals surface area contributed by atoms with E-state index in [1.807, 2.05) is 72.8 Å². The minimum Gasteiger partial charge on any atom is -0.309 e. The Morgan fingerprint density at radius 3 is 1.08 bits per heavy atom. The molecule has 4 heterocycles. The molecule has 104 heavy (non-hydrogen) atoms. The lowest BCUT2D eigenvalue weighted by molar-refractivity contribution is 0.592. The second-order valence-corrected chi connectivity index (χ2v) is 34.9. The molecule has 0 saturated carbocycles. The molecule has 0 radical (unpaired) electrons. The fourth-order valence-electron chi connectivity index (χ4n) is 18.9. The van der Waals surface area contributed by atoms with Crippen molar-refractivity contribution in [2.24, 2.45) is 0 Å². The van der Waals surface area contributed by atoms with E-state index in [0.29, 0.717) is 0 Å². The molecule has 0 bridgehead atoms. The van der Waals surface area contributed by atoms with Crippen molar-refractivity contribution in [3.63, 3.8) is 0 Å². The SMILES string of the molecule is CC1(C)c2ccccc2-c2ccc(-c3ccc(-n4c5ccccc5c5c6c(ccc54)-c4ccccc4P6(=O)c4ccccc4)c4ccccc34)cc21.CC1(C)c2ccccc2-c2ccc(-c3cccc4c(-n5c6ccccc6c6c7c(ccc65)-c5ccccc5P7(=O)c5ccccc5)cccc34)cc21. The summed E-state index contributed by atoms with van der Waals surface area (Å²) in [5.41, 5.74) is 26.5. The van der Waals surface area contributed by atoms with E-state index in [9.17, 15) is 0 Å². The molecule has 2 aliphatic heterocycles. The molecule has 2 atom stereocenters. The van der Waals surface area contributed by atoms with Crippen LogP contribution in [0.25, 0.3) is 143 Å². The molecule has 0 N–H and O–H groups in total. The molecule has 0 saturated heterocycles. The fourth-order valence-corrected chi connectivity index (χ4v) is 25.5. The highest BCUT2D eigenvalue weighted by atomic mass is 31.2. The summed E-state index contributed by atoms with van der Waals surface area (Å²) < 4.78 is 36.5. The van der Waals surface area contributed by atoms with E-state index in [1.54, 1.807) is 0 Å². The summed E-state index contributed by atoms with van der Waals surface area (Å²) in [5.74, 6) is 0. The average molecular weight is 1370 g/mol. The molecule has 4 nitrogen and oxygen atoms in total. The lowest BCUT2D eigenvalue weighted by atomic mass is 9.81. The molecule has 492 valence electrons. The molecule has 16 aromatic carbocycles. The Morgan fingerprint density at radius 1 is 0.240 bits per heavy atom. The average Bonchev–Trinajstić information content (AvgIpc) is 1.53. The van der Waals surface area contributed by atoms with Crippen LogP contribution in [0.5, 0.6) is 0 Å². The third kappa shape index (κ3) is 8.27. The van der Waals surface area contributed by atoms with Gasteiger partial charge in [-0.25, -0.2) is 0 Å². The Morgan fingerprint density at radius 2 is 0.577 bits per heavy atom. The number of hydrogen-bond acceptors (Lipinski definition) is 2. The Labute approximate surface area is 604 Å². The Hall–Kier alpha value is -11.9. The van der Waals surface area contributed by atoms with Crippen LogP contribution >= 0.6 is 14.3 Å². The molecule has 0 amide bonds. The number of aromatic nitrogens is 2. The molecule has 2 unspecified atom stereocenters. The van der Waals surface area contributed by atoms with E-state index in [2.05, 4.69) is 304 Å². The predicted octanol–water partition coefficient (Wildman–Crippen LogP) is 23.1. The highest BCUT2D eigenvalue weighted by molar-refractivity contribution is 7.87. The van der Waals surface area contributed by atoms with E-state index in [1.165, 1.54) is 88.3 Å². The van der Waals surface area contributed by atoms with Crippen LogP contribution in [-0.4, -0.2) is 9.13 Å². The van der Waals surface area contributed by atoms with Gasteiger partial charge in [0.1, 0.15) is 0 Å². The van der Waals surface area contributed by atoms with Gasteiger partial charge in [0.15, 0.2) is 14.3 Å². The highest BCUT2D eigenvalue weighted by Gasteiger charge is 2.45. The zero-order chi connectivity index (χ0) is 69.5. The molecule has 0 fully saturated rings. The molecule has 6 heteroatoms. The van der Waals surface area contributed by atoms with Crippen molar-refractivity contribution in [1.82, 2.24) is 9.13 Å². The molecule has 4 aliphatic rings. The van der Waals surface area contributed by atoms with Crippen LogP contribution in [0, 0.1) is 0 Å². The zero-order valence-electron chi connectivity index (χ0n) is 57.9. The Kier molecular flexibility index (Phi) is 13.0. The van der Waals surface area contributed by atoms with Crippen LogP contribution in [0.2, 0.25) is 0 Å². The number of hydrogen-bond donors (Lipinski definition) is 0. The maximum atomic E-state index is 15.9. The summed E-state index contributed by atoms with van der Waals surface area (Å²) in [5, 5.41) is 14.7. The van der Waals surface area contributed by atoms with Crippen LogP contribution in [-0.2, 0) is 20.0 Å². The van der Waals surface area contributed by atoms with Gasteiger partial charge in [-0.2, -0.15) is 0 Å². The van der Waals surface area contributed by atoms with Crippen LogP contribution < -0.4 is 31.8 Å². The largest absolute Gasteiger partial charge is 0.309 e. The van der Waals surface area contributed by atoms with Gasteiger partial charge in [-0.05, 0) is 148 Å². The van der Waals surface area contributed by atoms with Gasteiger partial charge < -0.3 is 18.3 Å². The van der Waals surface area contributed by atoms with Gasteiger partial charge in [0, 0.05) is 75.0 Å². The van der Waals surface area contributed by atoms with Crippen LogP contribution in [0.15, 0.2) is 340 Å². The van der Waals surface area contributed by atoms with Gasteiger partial charge in [0.2, 0.25) is 0 Å². The highest BCUT2D eigenvalue weighted by Crippen LogP contribution is 2.59. The first-order valence-corrected chi connectivity index (χ1v) is 39.5. The van der Waals surface area contributed by atoms with Crippen molar-refractivity contribution in [3.8, 4) is 78.1 Å². The quantitative estimate of drug-likeness (QED) is 0.156. The lowest BCUT2D eigenvalue weighted by Crippen LogP contribution is -2.21. The molecule has 2 aromatic heterocycles. The number of rotatable bonds is 6. The summed E-state index contributed by atoms with van der Waals surface area (Å²) in [7, 11) is -6.36. The van der Waals surface area contributed by atoms with E-state index < -0.39 is 14.3 Å². The van der Waals surface area contributed by atoms with E-state index >= 15 is 9.13 Å². The molecular formula is C98H68N2O2P2. The molecule has 18 aromatic rings. The van der Waals surface area contributed by atoms with Crippen LogP contribution in [0.3, 0.4) is 0 Å². The van der Waals surface area contributed by atoms with E-state index in [-0.39, 0.29) is 10.8 Å². The third-order valence-corrected chi connectivity index (χ3v) is 30.0. The van der Waals surface area contributed by atoms with Crippen molar-refractivity contribution >= 4 is 111 Å². The van der Waals surface area contributed by atoms with Crippen molar-refractivity contribution in [3.05, 3.63) is 362 Å². The molecule has 0 spiro atoms. The smallest absolute Gasteiger partial charge is 0.172 e. The third-order valence-electron chi connectivity index (χ3n) is 23.6. The van der Waals surface area contributed by atoms with Crippen molar-refractivity contribution in [2.45, 2.75) is 38.5 Å². The predicted molar refractivity (Wildman–Crippen MR) is 439 cm³/mol. The first-order chi connectivity index (χ1) is 50.9. The standard InChI is InChI=1S/2C49H34NOP/c1-49(2)41-22-9-6-16-35(41)36-27-26-31(30-42(36)49)33-19-12-21-37-34(33)20-13-24-43(37)50-44-23-10-7-18-40(44)47-45(50)29-28-39-38-17-8-11-25-46(38)52(51,48(39)47)32-14-4-3-5-15-32;1-49(2)41-21-11-8-17-35(41)36-25-24-31(30-42(36)49)33-26-28-44(37-18-7-6-16-34(33)37)50-43-22-12-9-20-40(43)47-45(50)29-27-39-38-19-10-13-23-46(38)52(51,48(39)47)32-14-4-3-5-15-32/h2*3-30H,1-2H3. The molecular weight excluding hydrogens is 1300 g/mol. The minimum absolute atomic E-state index is 0.0697. The van der Waals surface area contributed by atoms with Crippen molar-refractivity contribution in [2.75, 3.05) is 0 Å². The summed E-state index contributed by atoms with van der Waals surface area (Å²) >= 11 is 0. The number of benzene rings is 16. The first kappa shape index (κ1) is 60.8. The second-order valence-electron chi connectivity index (χ2n) is 29.6. The summed E-state index contributed by atoms with van der Waals surface area (Å²) in [4.78, 5) is 0. The first-order valence-electron chi connectivity index (χ1n) is 36.1. The van der Waals surface area contributed by atoms with Crippen LogP contribution in [0.1, 0.15) is 49.9 Å². The zero-order valence-corrected chi connectivity index (χ0v) is 59.7. The van der Waals surface area contributed by atoms with Crippen molar-refractivity contribution in [1.29, 1.82) is 0 Å². The van der Waals surface area contributed by atoms with Crippen molar-refractivity contribution < 1.29 is 9.13 Å². The maximum absolute atomic E-state index is 15.9. The summed E-state index contributed by atoms with van der Waals surface area (Å²) in [6.07, 6.45) is 0. The van der Waals surface area contributed by atoms with Crippen LogP contribution in [0.4, 0.5) is 0 Å². The maximum Gasteiger partial charge on any atom is 0.172 e. The summed E-state index contributed by atoms with van der Waals surface area (Å²) in [6, 6.07) is 121. The normalized spacial score (nSPS) is 16.6. The molecule has 22 rings (SSSR count). The Bertz CT molecular complexity index is 6500. The van der Waals surface area contributed by atoms with Gasteiger partial charge in [0.05, 0.1) is 33.4 Å². The van der Waals surface area contributed by atoms with Gasteiger partial charge in [-0.3, -0.25) is 0 Å². The Balaban J connectivity index is 0.000000134. The number of para-hydroxylation sites is 2.